The van der Waals surface area contributed by atoms with E-state index < -0.39 is 0 Å². The minimum atomic E-state index is 0.791. The summed E-state index contributed by atoms with van der Waals surface area (Å²) >= 11 is 1.79. The highest BCUT2D eigenvalue weighted by Crippen LogP contribution is 2.40. The van der Waals surface area contributed by atoms with Crippen LogP contribution in [-0.4, -0.2) is 11.0 Å². The maximum atomic E-state index is 4.33. The molecule has 0 bridgehead atoms. The van der Waals surface area contributed by atoms with Crippen molar-refractivity contribution >= 4 is 11.3 Å². The molecule has 0 aliphatic heterocycles. The van der Waals surface area contributed by atoms with Gasteiger partial charge in [-0.3, -0.25) is 0 Å². The third-order valence-corrected chi connectivity index (χ3v) is 5.59. The molecule has 3 heteroatoms. The molecular formula is C14H22N2S. The summed E-state index contributed by atoms with van der Waals surface area (Å²) < 4.78 is 0. The van der Waals surface area contributed by atoms with Gasteiger partial charge in [0.25, 0.3) is 0 Å². The van der Waals surface area contributed by atoms with Crippen molar-refractivity contribution in [2.24, 2.45) is 11.8 Å². The summed E-state index contributed by atoms with van der Waals surface area (Å²) in [5.41, 5.74) is 3.18. The minimum Gasteiger partial charge on any atom is -0.308 e. The summed E-state index contributed by atoms with van der Waals surface area (Å²) in [5, 5.41) is 3.84. The third-order valence-electron chi connectivity index (χ3n) is 4.66. The molecule has 1 heterocycles. The van der Waals surface area contributed by atoms with Gasteiger partial charge in [0.05, 0.1) is 11.2 Å². The number of nitrogens with zero attached hydrogens (tertiary/aromatic N) is 1. The molecule has 0 unspecified atom stereocenters. The molecule has 0 spiro atoms. The molecule has 2 nitrogen and oxygen atoms in total. The van der Waals surface area contributed by atoms with Crippen LogP contribution in [0, 0.1) is 18.8 Å². The van der Waals surface area contributed by atoms with Crippen LogP contribution in [0.2, 0.25) is 0 Å². The van der Waals surface area contributed by atoms with Gasteiger partial charge in [0.2, 0.25) is 0 Å². The van der Waals surface area contributed by atoms with Gasteiger partial charge >= 0.3 is 0 Å². The van der Waals surface area contributed by atoms with E-state index in [1.165, 1.54) is 49.1 Å². The van der Waals surface area contributed by atoms with Crippen LogP contribution < -0.4 is 5.32 Å². The number of nitrogens with one attached hydrogen (secondary N) is 1. The van der Waals surface area contributed by atoms with E-state index in [1.807, 2.05) is 5.51 Å². The fourth-order valence-electron chi connectivity index (χ4n) is 3.02. The van der Waals surface area contributed by atoms with Crippen LogP contribution >= 0.6 is 11.3 Å². The van der Waals surface area contributed by atoms with Gasteiger partial charge in [-0.25, -0.2) is 4.98 Å². The topological polar surface area (TPSA) is 24.9 Å². The van der Waals surface area contributed by atoms with Crippen LogP contribution in [0.15, 0.2) is 5.51 Å². The van der Waals surface area contributed by atoms with Gasteiger partial charge in [0, 0.05) is 17.5 Å². The Balaban J connectivity index is 1.58. The molecule has 0 atom stereocenters. The van der Waals surface area contributed by atoms with Crippen molar-refractivity contribution in [3.05, 3.63) is 16.1 Å². The van der Waals surface area contributed by atoms with Crippen LogP contribution in [-0.2, 0) is 6.54 Å². The Labute approximate surface area is 108 Å². The number of thiazole rings is 1. The lowest BCUT2D eigenvalue weighted by Crippen LogP contribution is -2.46. The van der Waals surface area contributed by atoms with Crippen molar-refractivity contribution in [2.75, 3.05) is 0 Å². The first-order valence-corrected chi connectivity index (χ1v) is 7.85. The van der Waals surface area contributed by atoms with E-state index in [9.17, 15) is 0 Å². The van der Waals surface area contributed by atoms with Crippen molar-refractivity contribution < 1.29 is 0 Å². The number of rotatable bonds is 5. The van der Waals surface area contributed by atoms with Crippen LogP contribution in [0.4, 0.5) is 0 Å². The van der Waals surface area contributed by atoms with Gasteiger partial charge in [-0.2, -0.15) is 0 Å². The molecule has 1 aromatic rings. The lowest BCUT2D eigenvalue weighted by Gasteiger charge is -2.43. The molecule has 2 aliphatic rings. The molecule has 1 aromatic heterocycles. The molecule has 2 saturated carbocycles. The minimum absolute atomic E-state index is 0.791. The Morgan fingerprint density at radius 2 is 1.94 bits per heavy atom. The van der Waals surface area contributed by atoms with Crippen molar-refractivity contribution in [3.8, 4) is 0 Å². The normalized spacial score (nSPS) is 21.5. The zero-order valence-corrected chi connectivity index (χ0v) is 11.4. The van der Waals surface area contributed by atoms with Gasteiger partial charge < -0.3 is 5.32 Å². The largest absolute Gasteiger partial charge is 0.308 e. The molecule has 0 radical (unpaired) electrons. The van der Waals surface area contributed by atoms with Crippen molar-refractivity contribution in [2.45, 2.75) is 58.0 Å². The average Bonchev–Trinajstić information content (AvgIpc) is 2.55. The van der Waals surface area contributed by atoms with E-state index >= 15 is 0 Å². The zero-order chi connectivity index (χ0) is 11.7. The van der Waals surface area contributed by atoms with Crippen LogP contribution in [0.25, 0.3) is 0 Å². The van der Waals surface area contributed by atoms with E-state index in [0.29, 0.717) is 0 Å². The van der Waals surface area contributed by atoms with Gasteiger partial charge in [-0.15, -0.1) is 11.3 Å². The first-order valence-electron chi connectivity index (χ1n) is 6.97. The number of aromatic nitrogens is 1. The lowest BCUT2D eigenvalue weighted by molar-refractivity contribution is 0.122. The van der Waals surface area contributed by atoms with Crippen molar-refractivity contribution in [1.82, 2.24) is 10.3 Å². The Hall–Kier alpha value is -0.410. The smallest absolute Gasteiger partial charge is 0.0798 e. The fraction of sp³-hybridized carbons (Fsp3) is 0.786. The van der Waals surface area contributed by atoms with Crippen LogP contribution in [0.5, 0.6) is 0 Å². The molecular weight excluding hydrogens is 228 g/mol. The lowest BCUT2D eigenvalue weighted by atomic mass is 9.68. The summed E-state index contributed by atoms with van der Waals surface area (Å²) in [6.45, 7) is 3.16. The monoisotopic (exact) mass is 250 g/mol. The molecule has 0 aromatic carbocycles. The Morgan fingerprint density at radius 3 is 2.35 bits per heavy atom. The zero-order valence-electron chi connectivity index (χ0n) is 10.6. The molecule has 94 valence electrons. The summed E-state index contributed by atoms with van der Waals surface area (Å²) in [6, 6.07) is 0.791. The first kappa shape index (κ1) is 11.7. The fourth-order valence-corrected chi connectivity index (χ4v) is 3.75. The third kappa shape index (κ3) is 2.41. The summed E-state index contributed by atoms with van der Waals surface area (Å²) in [6.07, 6.45) is 8.72. The van der Waals surface area contributed by atoms with Crippen LogP contribution in [0.3, 0.4) is 0 Å². The van der Waals surface area contributed by atoms with E-state index in [1.54, 1.807) is 11.3 Å². The highest BCUT2D eigenvalue weighted by atomic mass is 32.1. The van der Waals surface area contributed by atoms with Gasteiger partial charge in [-0.05, 0) is 44.4 Å². The number of hydrogen-bond donors (Lipinski definition) is 1. The number of hydrogen-bond acceptors (Lipinski definition) is 3. The number of aryl methyl sites for hydroxylation is 1. The molecule has 2 aliphatic carbocycles. The first-order chi connectivity index (χ1) is 8.34. The second-order valence-corrected chi connectivity index (χ2v) is 6.59. The Bertz CT molecular complexity index is 352. The second-order valence-electron chi connectivity index (χ2n) is 5.65. The summed E-state index contributed by atoms with van der Waals surface area (Å²) in [7, 11) is 0. The van der Waals surface area contributed by atoms with Crippen LogP contribution in [0.1, 0.15) is 49.1 Å². The maximum Gasteiger partial charge on any atom is 0.0798 e. The second kappa shape index (κ2) is 5.07. The predicted octanol–water partition coefficient (Wildman–Crippen LogP) is 3.51. The van der Waals surface area contributed by atoms with Gasteiger partial charge in [0.15, 0.2) is 0 Å². The Morgan fingerprint density at radius 1 is 1.29 bits per heavy atom. The highest BCUT2D eigenvalue weighted by molar-refractivity contribution is 7.09. The standard InChI is InChI=1S/C14H22N2S/c1-10-13(17-9-16-10)8-15-14(11-4-2-5-11)12-6-3-7-12/h9,11-12,14-15H,2-8H2,1H3. The summed E-state index contributed by atoms with van der Waals surface area (Å²) in [5.74, 6) is 1.93. The highest BCUT2D eigenvalue weighted by Gasteiger charge is 2.35. The molecule has 0 saturated heterocycles. The quantitative estimate of drug-likeness (QED) is 0.865. The van der Waals surface area contributed by atoms with E-state index in [0.717, 1.165) is 24.4 Å². The molecule has 3 rings (SSSR count). The van der Waals surface area contributed by atoms with Gasteiger partial charge in [-0.1, -0.05) is 12.8 Å². The maximum absolute atomic E-state index is 4.33. The molecule has 0 amide bonds. The molecule has 17 heavy (non-hydrogen) atoms. The van der Waals surface area contributed by atoms with E-state index in [4.69, 9.17) is 0 Å². The summed E-state index contributed by atoms with van der Waals surface area (Å²) in [4.78, 5) is 5.76. The molecule has 2 fully saturated rings. The van der Waals surface area contributed by atoms with Crippen molar-refractivity contribution in [1.29, 1.82) is 0 Å². The van der Waals surface area contributed by atoms with Crippen molar-refractivity contribution in [3.63, 3.8) is 0 Å². The van der Waals surface area contributed by atoms with E-state index in [-0.39, 0.29) is 0 Å². The predicted molar refractivity (Wildman–Crippen MR) is 72.2 cm³/mol. The van der Waals surface area contributed by atoms with E-state index in [2.05, 4.69) is 17.2 Å². The van der Waals surface area contributed by atoms with Gasteiger partial charge in [0.1, 0.15) is 0 Å². The SMILES string of the molecule is Cc1ncsc1CNC(C1CCC1)C1CCC1. The molecule has 1 N–H and O–H groups in total. The Kier molecular flexibility index (Phi) is 3.48. The average molecular weight is 250 g/mol.